The van der Waals surface area contributed by atoms with Crippen LogP contribution in [-0.2, 0) is 6.42 Å². The van der Waals surface area contributed by atoms with Crippen molar-refractivity contribution in [3.05, 3.63) is 41.2 Å². The number of nitrogens with one attached hydrogen (secondary N) is 1. The number of aromatic nitrogens is 2. The molecule has 110 valence electrons. The molecule has 2 heterocycles. The molecule has 0 amide bonds. The molecule has 0 radical (unpaired) electrons. The van der Waals surface area contributed by atoms with Gasteiger partial charge in [0.15, 0.2) is 5.82 Å². The summed E-state index contributed by atoms with van der Waals surface area (Å²) in [5.41, 5.74) is 3.22. The summed E-state index contributed by atoms with van der Waals surface area (Å²) >= 11 is 6.05. The summed E-state index contributed by atoms with van der Waals surface area (Å²) < 4.78 is 0. The van der Waals surface area contributed by atoms with Gasteiger partial charge in [-0.25, -0.2) is 9.97 Å². The predicted octanol–water partition coefficient (Wildman–Crippen LogP) is 2.77. The molecule has 1 aromatic carbocycles. The summed E-state index contributed by atoms with van der Waals surface area (Å²) in [5, 5.41) is 4.08. The second kappa shape index (κ2) is 6.41. The van der Waals surface area contributed by atoms with Crippen LogP contribution < -0.4 is 10.2 Å². The zero-order valence-corrected chi connectivity index (χ0v) is 12.9. The lowest BCUT2D eigenvalue weighted by molar-refractivity contribution is 0.586. The van der Waals surface area contributed by atoms with Crippen LogP contribution in [0.2, 0.25) is 5.02 Å². The van der Waals surface area contributed by atoms with Crippen LogP contribution in [0.25, 0.3) is 11.4 Å². The largest absolute Gasteiger partial charge is 0.366 e. The van der Waals surface area contributed by atoms with Gasteiger partial charge in [0.1, 0.15) is 0 Å². The lowest BCUT2D eigenvalue weighted by Gasteiger charge is -2.30. The van der Waals surface area contributed by atoms with E-state index in [1.54, 1.807) is 0 Å². The molecule has 3 rings (SSSR count). The highest BCUT2D eigenvalue weighted by Crippen LogP contribution is 2.24. The van der Waals surface area contributed by atoms with Crippen LogP contribution in [0.3, 0.4) is 0 Å². The van der Waals surface area contributed by atoms with Gasteiger partial charge in [-0.1, -0.05) is 30.7 Å². The van der Waals surface area contributed by atoms with Crippen molar-refractivity contribution < 1.29 is 0 Å². The molecule has 1 saturated heterocycles. The first-order chi connectivity index (χ1) is 10.3. The zero-order valence-electron chi connectivity index (χ0n) is 12.1. The third-order valence-electron chi connectivity index (χ3n) is 3.72. The van der Waals surface area contributed by atoms with E-state index in [1.807, 2.05) is 30.5 Å². The minimum Gasteiger partial charge on any atom is -0.366 e. The van der Waals surface area contributed by atoms with Crippen molar-refractivity contribution in [2.24, 2.45) is 0 Å². The van der Waals surface area contributed by atoms with Crippen molar-refractivity contribution >= 4 is 17.3 Å². The third kappa shape index (κ3) is 3.17. The van der Waals surface area contributed by atoms with Gasteiger partial charge in [0.05, 0.1) is 17.6 Å². The fourth-order valence-electron chi connectivity index (χ4n) is 2.61. The Morgan fingerprint density at radius 2 is 2.10 bits per heavy atom. The molecule has 1 N–H and O–H groups in total. The second-order valence-electron chi connectivity index (χ2n) is 5.13. The van der Waals surface area contributed by atoms with E-state index in [1.165, 1.54) is 0 Å². The predicted molar refractivity (Wildman–Crippen MR) is 86.9 cm³/mol. The van der Waals surface area contributed by atoms with Gasteiger partial charge >= 0.3 is 0 Å². The molecule has 1 fully saturated rings. The van der Waals surface area contributed by atoms with Crippen molar-refractivity contribution in [1.29, 1.82) is 0 Å². The molecule has 0 spiro atoms. The molecule has 1 aliphatic rings. The van der Waals surface area contributed by atoms with Crippen LogP contribution in [0.4, 0.5) is 5.69 Å². The average molecular weight is 303 g/mol. The highest BCUT2D eigenvalue weighted by Gasteiger charge is 2.16. The third-order valence-corrected chi connectivity index (χ3v) is 3.96. The monoisotopic (exact) mass is 302 g/mol. The number of anilines is 1. The molecule has 5 heteroatoms. The summed E-state index contributed by atoms with van der Waals surface area (Å²) in [7, 11) is 0. The molecular formula is C16H19ClN4. The van der Waals surface area contributed by atoms with Gasteiger partial charge in [-0.15, -0.1) is 0 Å². The standard InChI is InChI=1S/C16H19ClN4/c1-2-14-15(21-8-6-18-7-9-21)11-19-16(20-14)12-4-3-5-13(17)10-12/h3-5,10-11,18H,2,6-9H2,1H3. The normalized spacial score (nSPS) is 15.2. The number of hydrogen-bond donors (Lipinski definition) is 1. The number of nitrogens with zero attached hydrogens (tertiary/aromatic N) is 3. The van der Waals surface area contributed by atoms with Crippen molar-refractivity contribution in [2.75, 3.05) is 31.1 Å². The Morgan fingerprint density at radius 1 is 1.29 bits per heavy atom. The Balaban J connectivity index is 1.94. The van der Waals surface area contributed by atoms with Gasteiger partial charge in [-0.2, -0.15) is 0 Å². The number of benzene rings is 1. The lowest BCUT2D eigenvalue weighted by Crippen LogP contribution is -2.44. The van der Waals surface area contributed by atoms with Crippen molar-refractivity contribution in [2.45, 2.75) is 13.3 Å². The Bertz CT molecular complexity index is 623. The summed E-state index contributed by atoms with van der Waals surface area (Å²) in [6.45, 7) is 6.17. The minimum absolute atomic E-state index is 0.709. The van der Waals surface area contributed by atoms with E-state index >= 15 is 0 Å². The van der Waals surface area contributed by atoms with Gasteiger partial charge in [0.25, 0.3) is 0 Å². The minimum atomic E-state index is 0.709. The highest BCUT2D eigenvalue weighted by molar-refractivity contribution is 6.30. The maximum Gasteiger partial charge on any atom is 0.159 e. The summed E-state index contributed by atoms with van der Waals surface area (Å²) in [6, 6.07) is 7.68. The van der Waals surface area contributed by atoms with E-state index in [9.17, 15) is 0 Å². The fourth-order valence-corrected chi connectivity index (χ4v) is 2.80. The zero-order chi connectivity index (χ0) is 14.7. The number of hydrogen-bond acceptors (Lipinski definition) is 4. The average Bonchev–Trinajstić information content (AvgIpc) is 2.55. The first kappa shape index (κ1) is 14.3. The molecule has 0 aliphatic carbocycles. The first-order valence-electron chi connectivity index (χ1n) is 7.35. The fraction of sp³-hybridized carbons (Fsp3) is 0.375. The number of piperazine rings is 1. The van der Waals surface area contributed by atoms with Crippen molar-refractivity contribution in [1.82, 2.24) is 15.3 Å². The molecule has 0 unspecified atom stereocenters. The van der Waals surface area contributed by atoms with Crippen LogP contribution >= 0.6 is 11.6 Å². The lowest BCUT2D eigenvalue weighted by atomic mass is 10.2. The van der Waals surface area contributed by atoms with Gasteiger partial charge in [0, 0.05) is 36.8 Å². The van der Waals surface area contributed by atoms with E-state index in [4.69, 9.17) is 16.6 Å². The highest BCUT2D eigenvalue weighted by atomic mass is 35.5. The number of rotatable bonds is 3. The van der Waals surface area contributed by atoms with Gasteiger partial charge < -0.3 is 10.2 Å². The van der Waals surface area contributed by atoms with Gasteiger partial charge in [0.2, 0.25) is 0 Å². The van der Waals surface area contributed by atoms with Crippen LogP contribution in [0.5, 0.6) is 0 Å². The first-order valence-corrected chi connectivity index (χ1v) is 7.73. The molecule has 2 aromatic rings. The topological polar surface area (TPSA) is 41.1 Å². The van der Waals surface area contributed by atoms with E-state index in [0.717, 1.165) is 55.4 Å². The van der Waals surface area contributed by atoms with Crippen LogP contribution in [0.1, 0.15) is 12.6 Å². The van der Waals surface area contributed by atoms with Crippen LogP contribution in [-0.4, -0.2) is 36.1 Å². The number of halogens is 1. The van der Waals surface area contributed by atoms with E-state index in [-0.39, 0.29) is 0 Å². The maximum atomic E-state index is 6.05. The Kier molecular flexibility index (Phi) is 4.36. The molecule has 0 bridgehead atoms. The second-order valence-corrected chi connectivity index (χ2v) is 5.56. The SMILES string of the molecule is CCc1nc(-c2cccc(Cl)c2)ncc1N1CCNCC1. The van der Waals surface area contributed by atoms with Crippen molar-refractivity contribution in [3.63, 3.8) is 0 Å². The van der Waals surface area contributed by atoms with Gasteiger partial charge in [-0.05, 0) is 18.6 Å². The summed E-state index contributed by atoms with van der Waals surface area (Å²) in [4.78, 5) is 11.6. The Hall–Kier alpha value is -1.65. The van der Waals surface area contributed by atoms with Crippen LogP contribution in [0.15, 0.2) is 30.5 Å². The quantitative estimate of drug-likeness (QED) is 0.946. The Labute approximate surface area is 130 Å². The van der Waals surface area contributed by atoms with E-state index in [2.05, 4.69) is 22.1 Å². The molecule has 0 atom stereocenters. The molecule has 4 nitrogen and oxygen atoms in total. The Morgan fingerprint density at radius 3 is 2.81 bits per heavy atom. The van der Waals surface area contributed by atoms with Crippen molar-refractivity contribution in [3.8, 4) is 11.4 Å². The molecule has 1 aliphatic heterocycles. The molecule has 1 aromatic heterocycles. The smallest absolute Gasteiger partial charge is 0.159 e. The summed E-state index contributed by atoms with van der Waals surface area (Å²) in [6.07, 6.45) is 2.85. The molecule has 0 saturated carbocycles. The summed E-state index contributed by atoms with van der Waals surface area (Å²) in [5.74, 6) is 0.744. The van der Waals surface area contributed by atoms with Gasteiger partial charge in [-0.3, -0.25) is 0 Å². The molecule has 21 heavy (non-hydrogen) atoms. The number of aryl methyl sites for hydroxylation is 1. The van der Waals surface area contributed by atoms with Crippen LogP contribution in [0, 0.1) is 0 Å². The van der Waals surface area contributed by atoms with E-state index < -0.39 is 0 Å². The maximum absolute atomic E-state index is 6.05. The van der Waals surface area contributed by atoms with E-state index in [0.29, 0.717) is 5.02 Å². The molecular weight excluding hydrogens is 284 g/mol.